The lowest BCUT2D eigenvalue weighted by atomic mass is 9.81. The Labute approximate surface area is 182 Å². The van der Waals surface area contributed by atoms with Crippen molar-refractivity contribution in [2.45, 2.75) is 35.8 Å². The monoisotopic (exact) mass is 442 g/mol. The van der Waals surface area contributed by atoms with Crippen molar-refractivity contribution in [1.82, 2.24) is 4.98 Å². The SMILES string of the molecule is O=C1[C@H]2CCCC[C@H]2C(=O)N1c1ccc2nc(SCc3ccccc3Cl)sc2c1. The molecule has 2 atom stereocenters. The number of aromatic nitrogens is 1. The standard InChI is InChI=1S/C22H19ClN2O2S2/c23-17-8-4-1-5-13(17)12-28-22-24-18-10-9-14(11-19(18)29-22)25-20(26)15-6-2-3-7-16(15)21(25)27/h1,4-5,8-11,15-16H,2-3,6-7,12H2/t15-,16+. The Hall–Kier alpha value is -1.89. The number of halogens is 1. The van der Waals surface area contributed by atoms with Crippen molar-refractivity contribution >= 4 is 62.4 Å². The van der Waals surface area contributed by atoms with Crippen LogP contribution in [0, 0.1) is 11.8 Å². The van der Waals surface area contributed by atoms with E-state index in [-0.39, 0.29) is 23.7 Å². The van der Waals surface area contributed by atoms with Gasteiger partial charge in [-0.3, -0.25) is 14.5 Å². The van der Waals surface area contributed by atoms with Gasteiger partial charge in [0, 0.05) is 10.8 Å². The lowest BCUT2D eigenvalue weighted by Crippen LogP contribution is -2.30. The van der Waals surface area contributed by atoms with Crippen LogP contribution < -0.4 is 4.90 Å². The maximum atomic E-state index is 12.9. The van der Waals surface area contributed by atoms with E-state index < -0.39 is 0 Å². The van der Waals surface area contributed by atoms with Crippen LogP contribution in [0.2, 0.25) is 5.02 Å². The summed E-state index contributed by atoms with van der Waals surface area (Å²) in [5.41, 5.74) is 2.64. The number of carbonyl (C=O) groups is 2. The van der Waals surface area contributed by atoms with Gasteiger partial charge in [0.25, 0.3) is 0 Å². The highest BCUT2D eigenvalue weighted by Gasteiger charge is 2.48. The summed E-state index contributed by atoms with van der Waals surface area (Å²) in [5.74, 6) is 0.429. The van der Waals surface area contributed by atoms with E-state index in [1.165, 1.54) is 4.90 Å². The Bertz CT molecular complexity index is 1090. The first-order valence-corrected chi connectivity index (χ1v) is 11.9. The average molecular weight is 443 g/mol. The fourth-order valence-electron chi connectivity index (χ4n) is 4.26. The molecule has 2 heterocycles. The molecule has 1 aromatic heterocycles. The Morgan fingerprint density at radius 2 is 1.79 bits per heavy atom. The van der Waals surface area contributed by atoms with Crippen molar-refractivity contribution in [2.75, 3.05) is 4.90 Å². The molecule has 0 radical (unpaired) electrons. The van der Waals surface area contributed by atoms with Crippen LogP contribution in [-0.4, -0.2) is 16.8 Å². The van der Waals surface area contributed by atoms with Crippen LogP contribution in [0.3, 0.4) is 0 Å². The number of amides is 2. The molecule has 0 N–H and O–H groups in total. The van der Waals surface area contributed by atoms with Crippen LogP contribution >= 0.6 is 34.7 Å². The Morgan fingerprint density at radius 3 is 2.52 bits per heavy atom. The number of fused-ring (bicyclic) bond motifs is 2. The summed E-state index contributed by atoms with van der Waals surface area (Å²) >= 11 is 9.47. The molecule has 148 valence electrons. The van der Waals surface area contributed by atoms with Gasteiger partial charge in [0.05, 0.1) is 27.7 Å². The number of benzene rings is 2. The largest absolute Gasteiger partial charge is 0.274 e. The smallest absolute Gasteiger partial charge is 0.237 e. The van der Waals surface area contributed by atoms with Gasteiger partial charge in [-0.15, -0.1) is 11.3 Å². The summed E-state index contributed by atoms with van der Waals surface area (Å²) < 4.78 is 1.93. The lowest BCUT2D eigenvalue weighted by molar-refractivity contribution is -0.122. The highest BCUT2D eigenvalue weighted by atomic mass is 35.5. The van der Waals surface area contributed by atoms with Gasteiger partial charge in [-0.2, -0.15) is 0 Å². The molecule has 4 nitrogen and oxygen atoms in total. The van der Waals surface area contributed by atoms with Crippen LogP contribution in [0.25, 0.3) is 10.2 Å². The van der Waals surface area contributed by atoms with Crippen molar-refractivity contribution in [1.29, 1.82) is 0 Å². The normalized spacial score (nSPS) is 21.8. The zero-order chi connectivity index (χ0) is 20.0. The number of thioether (sulfide) groups is 1. The summed E-state index contributed by atoms with van der Waals surface area (Å²) in [6, 6.07) is 13.5. The molecule has 0 unspecified atom stereocenters. The summed E-state index contributed by atoms with van der Waals surface area (Å²) in [6.45, 7) is 0. The molecule has 1 aliphatic carbocycles. The number of hydrogen-bond acceptors (Lipinski definition) is 5. The second-order valence-corrected chi connectivity index (χ2v) is 10.2. The van der Waals surface area contributed by atoms with Crippen LogP contribution in [0.5, 0.6) is 0 Å². The third-order valence-corrected chi connectivity index (χ3v) is 8.34. The zero-order valence-corrected chi connectivity index (χ0v) is 18.0. The van der Waals surface area contributed by atoms with E-state index >= 15 is 0 Å². The van der Waals surface area contributed by atoms with E-state index in [9.17, 15) is 9.59 Å². The van der Waals surface area contributed by atoms with Crippen molar-refractivity contribution < 1.29 is 9.59 Å². The van der Waals surface area contributed by atoms with Crippen LogP contribution in [0.4, 0.5) is 5.69 Å². The summed E-state index contributed by atoms with van der Waals surface area (Å²) in [7, 11) is 0. The Kier molecular flexibility index (Phi) is 5.10. The van der Waals surface area contributed by atoms with Crippen LogP contribution in [0.15, 0.2) is 46.8 Å². The van der Waals surface area contributed by atoms with Crippen LogP contribution in [0.1, 0.15) is 31.2 Å². The van der Waals surface area contributed by atoms with Gasteiger partial charge < -0.3 is 0 Å². The fourth-order valence-corrected chi connectivity index (χ4v) is 6.65. The quantitative estimate of drug-likeness (QED) is 0.371. The average Bonchev–Trinajstić information content (AvgIpc) is 3.25. The molecule has 5 rings (SSSR count). The maximum Gasteiger partial charge on any atom is 0.237 e. The number of anilines is 1. The van der Waals surface area contributed by atoms with Gasteiger partial charge in [0.2, 0.25) is 11.8 Å². The molecule has 2 aromatic carbocycles. The van der Waals surface area contributed by atoms with Crippen molar-refractivity contribution in [3.05, 3.63) is 53.1 Å². The van der Waals surface area contributed by atoms with Gasteiger partial charge in [-0.05, 0) is 42.7 Å². The molecule has 3 aromatic rings. The molecule has 1 aliphatic heterocycles. The molecule has 0 spiro atoms. The van der Waals surface area contributed by atoms with E-state index in [1.807, 2.05) is 42.5 Å². The fraction of sp³-hybridized carbons (Fsp3) is 0.318. The molecule has 7 heteroatoms. The molecule has 1 saturated heterocycles. The first-order valence-electron chi connectivity index (χ1n) is 9.76. The molecule has 29 heavy (non-hydrogen) atoms. The highest BCUT2D eigenvalue weighted by molar-refractivity contribution is 8.00. The number of carbonyl (C=O) groups excluding carboxylic acids is 2. The minimum atomic E-state index is -0.129. The minimum absolute atomic E-state index is 0.0307. The van der Waals surface area contributed by atoms with E-state index in [4.69, 9.17) is 11.6 Å². The van der Waals surface area contributed by atoms with E-state index in [2.05, 4.69) is 4.98 Å². The number of hydrogen-bond donors (Lipinski definition) is 0. The minimum Gasteiger partial charge on any atom is -0.274 e. The Balaban J connectivity index is 1.39. The number of rotatable bonds is 4. The summed E-state index contributed by atoms with van der Waals surface area (Å²) in [6.07, 6.45) is 3.73. The van der Waals surface area contributed by atoms with Gasteiger partial charge in [0.15, 0.2) is 4.34 Å². The molecular weight excluding hydrogens is 424 g/mol. The summed E-state index contributed by atoms with van der Waals surface area (Å²) in [4.78, 5) is 31.8. The van der Waals surface area contributed by atoms with E-state index in [0.29, 0.717) is 5.69 Å². The molecule has 2 amide bonds. The zero-order valence-electron chi connectivity index (χ0n) is 15.6. The van der Waals surface area contributed by atoms with Crippen molar-refractivity contribution in [3.63, 3.8) is 0 Å². The van der Waals surface area contributed by atoms with Gasteiger partial charge in [-0.25, -0.2) is 4.98 Å². The molecule has 2 fully saturated rings. The first-order chi connectivity index (χ1) is 14.1. The Morgan fingerprint density at radius 1 is 1.07 bits per heavy atom. The van der Waals surface area contributed by atoms with E-state index in [1.54, 1.807) is 23.1 Å². The maximum absolute atomic E-state index is 12.9. The third kappa shape index (κ3) is 3.47. The third-order valence-electron chi connectivity index (χ3n) is 5.76. The summed E-state index contributed by atoms with van der Waals surface area (Å²) in [5, 5.41) is 0.760. The van der Waals surface area contributed by atoms with Crippen molar-refractivity contribution in [3.8, 4) is 0 Å². The first kappa shape index (κ1) is 19.1. The van der Waals surface area contributed by atoms with Gasteiger partial charge in [-0.1, -0.05) is 54.4 Å². The predicted molar refractivity (Wildman–Crippen MR) is 119 cm³/mol. The predicted octanol–water partition coefficient (Wildman–Crippen LogP) is 5.92. The van der Waals surface area contributed by atoms with E-state index in [0.717, 1.165) is 56.6 Å². The molecule has 0 bridgehead atoms. The topological polar surface area (TPSA) is 50.3 Å². The second kappa shape index (κ2) is 7.74. The molecule has 1 saturated carbocycles. The van der Waals surface area contributed by atoms with Crippen molar-refractivity contribution in [2.24, 2.45) is 11.8 Å². The number of thiazole rings is 1. The lowest BCUT2D eigenvalue weighted by Gasteiger charge is -2.19. The molecular formula is C22H19ClN2O2S2. The second-order valence-electron chi connectivity index (χ2n) is 7.52. The highest BCUT2D eigenvalue weighted by Crippen LogP contribution is 2.41. The van der Waals surface area contributed by atoms with Crippen LogP contribution in [-0.2, 0) is 15.3 Å². The molecule has 2 aliphatic rings. The number of nitrogens with zero attached hydrogens (tertiary/aromatic N) is 2. The van der Waals surface area contributed by atoms with Gasteiger partial charge in [0.1, 0.15) is 0 Å². The number of imide groups is 1. The van der Waals surface area contributed by atoms with Gasteiger partial charge >= 0.3 is 0 Å².